The van der Waals surface area contributed by atoms with Gasteiger partial charge in [0.1, 0.15) is 0 Å². The quantitative estimate of drug-likeness (QED) is 0.681. The average molecular weight is 343 g/mol. The van der Waals surface area contributed by atoms with E-state index in [4.69, 9.17) is 23.2 Å². The predicted octanol–water partition coefficient (Wildman–Crippen LogP) is 3.61. The zero-order chi connectivity index (χ0) is 15.5. The summed E-state index contributed by atoms with van der Waals surface area (Å²) in [7, 11) is -3.71. The molecule has 0 amide bonds. The SMILES string of the molecule is Cc1ccc(S(=O)(=O)N/N=C/c2c(Cl)cccc2Cl)cc1. The van der Waals surface area contributed by atoms with Gasteiger partial charge in [-0.25, -0.2) is 4.83 Å². The first-order valence-corrected chi connectivity index (χ1v) is 8.19. The topological polar surface area (TPSA) is 58.5 Å². The Morgan fingerprint density at radius 2 is 1.62 bits per heavy atom. The second-order valence-electron chi connectivity index (χ2n) is 4.30. The van der Waals surface area contributed by atoms with Gasteiger partial charge in [-0.15, -0.1) is 0 Å². The van der Waals surface area contributed by atoms with Crippen molar-refractivity contribution >= 4 is 39.4 Å². The molecular formula is C14H12Cl2N2O2S. The van der Waals surface area contributed by atoms with Gasteiger partial charge in [-0.2, -0.15) is 13.5 Å². The van der Waals surface area contributed by atoms with E-state index in [2.05, 4.69) is 9.93 Å². The fraction of sp³-hybridized carbons (Fsp3) is 0.0714. The zero-order valence-electron chi connectivity index (χ0n) is 11.0. The number of aryl methyl sites for hydroxylation is 1. The van der Waals surface area contributed by atoms with Crippen LogP contribution in [0.15, 0.2) is 52.5 Å². The summed E-state index contributed by atoms with van der Waals surface area (Å²) >= 11 is 11.9. The molecule has 0 radical (unpaired) electrons. The number of hydrogen-bond acceptors (Lipinski definition) is 3. The second-order valence-corrected chi connectivity index (χ2v) is 6.78. The summed E-state index contributed by atoms with van der Waals surface area (Å²) < 4.78 is 24.0. The van der Waals surface area contributed by atoms with Crippen molar-refractivity contribution in [3.05, 3.63) is 63.6 Å². The van der Waals surface area contributed by atoms with E-state index in [0.717, 1.165) is 5.56 Å². The highest BCUT2D eigenvalue weighted by Gasteiger charge is 2.12. The molecule has 0 aromatic heterocycles. The largest absolute Gasteiger partial charge is 0.276 e. The van der Waals surface area contributed by atoms with Crippen LogP contribution in [0.25, 0.3) is 0 Å². The molecule has 110 valence electrons. The maximum absolute atomic E-state index is 12.0. The van der Waals surface area contributed by atoms with Crippen LogP contribution in [0, 0.1) is 6.92 Å². The molecule has 1 N–H and O–H groups in total. The van der Waals surface area contributed by atoms with Gasteiger partial charge in [0.25, 0.3) is 10.0 Å². The van der Waals surface area contributed by atoms with E-state index in [1.165, 1.54) is 18.3 Å². The highest BCUT2D eigenvalue weighted by Crippen LogP contribution is 2.22. The number of rotatable bonds is 4. The minimum atomic E-state index is -3.71. The molecule has 4 nitrogen and oxygen atoms in total. The first kappa shape index (κ1) is 15.8. The molecule has 0 bridgehead atoms. The Bertz CT molecular complexity index is 752. The number of nitrogens with one attached hydrogen (secondary N) is 1. The van der Waals surface area contributed by atoms with E-state index in [9.17, 15) is 8.42 Å². The first-order valence-electron chi connectivity index (χ1n) is 5.96. The van der Waals surface area contributed by atoms with Gasteiger partial charge in [-0.1, -0.05) is 47.0 Å². The average Bonchev–Trinajstić information content (AvgIpc) is 2.42. The van der Waals surface area contributed by atoms with E-state index < -0.39 is 10.0 Å². The summed E-state index contributed by atoms with van der Waals surface area (Å²) in [6.07, 6.45) is 1.27. The monoisotopic (exact) mass is 342 g/mol. The molecule has 0 aliphatic rings. The second kappa shape index (κ2) is 6.47. The Morgan fingerprint density at radius 3 is 2.19 bits per heavy atom. The minimum Gasteiger partial charge on any atom is -0.200 e. The van der Waals surface area contributed by atoms with E-state index in [-0.39, 0.29) is 4.90 Å². The van der Waals surface area contributed by atoms with Crippen molar-refractivity contribution in [2.45, 2.75) is 11.8 Å². The first-order chi connectivity index (χ1) is 9.90. The third-order valence-corrected chi connectivity index (χ3v) is 4.60. The smallest absolute Gasteiger partial charge is 0.200 e. The maximum Gasteiger partial charge on any atom is 0.276 e. The molecule has 0 heterocycles. The van der Waals surface area contributed by atoms with Crippen LogP contribution in [0.3, 0.4) is 0 Å². The maximum atomic E-state index is 12.0. The third kappa shape index (κ3) is 3.97. The lowest BCUT2D eigenvalue weighted by Gasteiger charge is -2.04. The van der Waals surface area contributed by atoms with E-state index in [1.54, 1.807) is 30.3 Å². The molecule has 0 saturated carbocycles. The van der Waals surface area contributed by atoms with Crippen LogP contribution in [-0.2, 0) is 10.0 Å². The van der Waals surface area contributed by atoms with Crippen LogP contribution in [0.5, 0.6) is 0 Å². The number of halogens is 2. The summed E-state index contributed by atoms with van der Waals surface area (Å²) in [5.74, 6) is 0. The fourth-order valence-electron chi connectivity index (χ4n) is 1.56. The molecule has 0 fully saturated rings. The van der Waals surface area contributed by atoms with Crippen molar-refractivity contribution in [1.29, 1.82) is 0 Å². The Hall–Kier alpha value is -1.56. The number of hydrazone groups is 1. The fourth-order valence-corrected chi connectivity index (χ4v) is 2.85. The Labute approximate surface area is 133 Å². The number of nitrogens with zero attached hydrogens (tertiary/aromatic N) is 1. The molecule has 2 aromatic carbocycles. The lowest BCUT2D eigenvalue weighted by molar-refractivity contribution is 0.584. The van der Waals surface area contributed by atoms with Crippen LogP contribution >= 0.6 is 23.2 Å². The zero-order valence-corrected chi connectivity index (χ0v) is 13.4. The molecule has 0 aliphatic heterocycles. The minimum absolute atomic E-state index is 0.135. The number of benzene rings is 2. The van der Waals surface area contributed by atoms with Crippen LogP contribution < -0.4 is 4.83 Å². The molecule has 2 rings (SSSR count). The summed E-state index contributed by atoms with van der Waals surface area (Å²) in [6.45, 7) is 1.88. The van der Waals surface area contributed by atoms with Gasteiger partial charge in [0.05, 0.1) is 21.2 Å². The molecule has 2 aromatic rings. The molecule has 0 unspecified atom stereocenters. The molecule has 0 aliphatic carbocycles. The van der Waals surface area contributed by atoms with Crippen molar-refractivity contribution in [2.75, 3.05) is 0 Å². The van der Waals surface area contributed by atoms with Crippen LogP contribution in [-0.4, -0.2) is 14.6 Å². The molecule has 0 spiro atoms. The molecule has 0 saturated heterocycles. The van der Waals surface area contributed by atoms with Gasteiger partial charge in [0, 0.05) is 5.56 Å². The Morgan fingerprint density at radius 1 is 1.05 bits per heavy atom. The van der Waals surface area contributed by atoms with Crippen molar-refractivity contribution in [3.8, 4) is 0 Å². The summed E-state index contributed by atoms with van der Waals surface area (Å²) in [4.78, 5) is 2.26. The van der Waals surface area contributed by atoms with E-state index >= 15 is 0 Å². The van der Waals surface area contributed by atoms with E-state index in [1.807, 2.05) is 6.92 Å². The van der Waals surface area contributed by atoms with Crippen molar-refractivity contribution in [1.82, 2.24) is 4.83 Å². The van der Waals surface area contributed by atoms with Crippen molar-refractivity contribution in [2.24, 2.45) is 5.10 Å². The van der Waals surface area contributed by atoms with E-state index in [0.29, 0.717) is 15.6 Å². The van der Waals surface area contributed by atoms with Gasteiger partial charge >= 0.3 is 0 Å². The van der Waals surface area contributed by atoms with Gasteiger partial charge in [-0.3, -0.25) is 0 Å². The predicted molar refractivity (Wildman–Crippen MR) is 85.6 cm³/mol. The molecule has 21 heavy (non-hydrogen) atoms. The molecular weight excluding hydrogens is 331 g/mol. The van der Waals surface area contributed by atoms with Crippen molar-refractivity contribution < 1.29 is 8.42 Å². The van der Waals surface area contributed by atoms with Crippen LogP contribution in [0.4, 0.5) is 0 Å². The van der Waals surface area contributed by atoms with Gasteiger partial charge in [-0.05, 0) is 31.2 Å². The third-order valence-electron chi connectivity index (χ3n) is 2.70. The summed E-state index contributed by atoms with van der Waals surface area (Å²) in [6, 6.07) is 11.4. The van der Waals surface area contributed by atoms with Gasteiger partial charge < -0.3 is 0 Å². The summed E-state index contributed by atoms with van der Waals surface area (Å²) in [5.41, 5.74) is 1.42. The van der Waals surface area contributed by atoms with Crippen molar-refractivity contribution in [3.63, 3.8) is 0 Å². The van der Waals surface area contributed by atoms with Gasteiger partial charge in [0.15, 0.2) is 0 Å². The Kier molecular flexibility index (Phi) is 4.88. The lowest BCUT2D eigenvalue weighted by atomic mass is 10.2. The summed E-state index contributed by atoms with van der Waals surface area (Å²) in [5, 5.41) is 4.48. The highest BCUT2D eigenvalue weighted by atomic mass is 35.5. The lowest BCUT2D eigenvalue weighted by Crippen LogP contribution is -2.18. The van der Waals surface area contributed by atoms with Crippen LogP contribution in [0.2, 0.25) is 10.0 Å². The molecule has 7 heteroatoms. The highest BCUT2D eigenvalue weighted by molar-refractivity contribution is 7.89. The number of hydrogen-bond donors (Lipinski definition) is 1. The molecule has 0 atom stereocenters. The number of sulfonamides is 1. The van der Waals surface area contributed by atoms with Gasteiger partial charge in [0.2, 0.25) is 0 Å². The normalized spacial score (nSPS) is 11.8. The Balaban J connectivity index is 2.19. The van der Waals surface area contributed by atoms with Crippen LogP contribution in [0.1, 0.15) is 11.1 Å². The standard InChI is InChI=1S/C14H12Cl2N2O2S/c1-10-5-7-11(8-6-10)21(19,20)18-17-9-12-13(15)3-2-4-14(12)16/h2-9,18H,1H3/b17-9+.